The van der Waals surface area contributed by atoms with Gasteiger partial charge in [-0.3, -0.25) is 4.79 Å². The molecule has 1 aromatic carbocycles. The lowest BCUT2D eigenvalue weighted by molar-refractivity contribution is 0.0940. The number of amides is 1. The molecule has 0 saturated carbocycles. The van der Waals surface area contributed by atoms with Gasteiger partial charge in [0.1, 0.15) is 11.6 Å². The van der Waals surface area contributed by atoms with Gasteiger partial charge < -0.3 is 15.0 Å². The number of carbonyl (C=O) groups is 1. The molecule has 0 bridgehead atoms. The molecule has 0 unspecified atom stereocenters. The molecule has 4 aromatic rings. The molecule has 0 fully saturated rings. The Morgan fingerprint density at radius 1 is 1.38 bits per heavy atom. The standard InChI is InChI=1S/C15H13N7O2/c1-24-9-3-4-10-11(7-9)19-12(18-10)8-17-14(23)13-20-15-16-5-2-6-22(15)21-13/h2-7H,8H2,1H3,(H,17,23)(H,18,19). The van der Waals surface area contributed by atoms with Gasteiger partial charge in [0.05, 0.1) is 24.7 Å². The highest BCUT2D eigenvalue weighted by molar-refractivity contribution is 5.90. The van der Waals surface area contributed by atoms with Crippen LogP contribution in [0.1, 0.15) is 16.4 Å². The van der Waals surface area contributed by atoms with Crippen LogP contribution in [0.25, 0.3) is 16.8 Å². The molecule has 0 aliphatic carbocycles. The van der Waals surface area contributed by atoms with E-state index in [0.717, 1.165) is 16.8 Å². The summed E-state index contributed by atoms with van der Waals surface area (Å²) in [5.74, 6) is 1.42. The summed E-state index contributed by atoms with van der Waals surface area (Å²) < 4.78 is 6.62. The number of aromatic nitrogens is 6. The fourth-order valence-electron chi connectivity index (χ4n) is 2.32. The van der Waals surface area contributed by atoms with Crippen molar-refractivity contribution in [2.45, 2.75) is 6.54 Å². The number of hydrogen-bond donors (Lipinski definition) is 2. The van der Waals surface area contributed by atoms with E-state index in [4.69, 9.17) is 4.74 Å². The Morgan fingerprint density at radius 3 is 3.12 bits per heavy atom. The van der Waals surface area contributed by atoms with Crippen molar-refractivity contribution in [3.63, 3.8) is 0 Å². The third-order valence-electron chi connectivity index (χ3n) is 3.47. The maximum atomic E-state index is 12.2. The van der Waals surface area contributed by atoms with Crippen LogP contribution in [0.4, 0.5) is 0 Å². The molecule has 2 N–H and O–H groups in total. The van der Waals surface area contributed by atoms with E-state index in [9.17, 15) is 4.79 Å². The van der Waals surface area contributed by atoms with Crippen molar-refractivity contribution in [1.82, 2.24) is 34.9 Å². The highest BCUT2D eigenvalue weighted by Gasteiger charge is 2.13. The molecule has 24 heavy (non-hydrogen) atoms. The summed E-state index contributed by atoms with van der Waals surface area (Å²) in [6.45, 7) is 0.235. The summed E-state index contributed by atoms with van der Waals surface area (Å²) in [7, 11) is 1.61. The molecular weight excluding hydrogens is 310 g/mol. The SMILES string of the molecule is COc1ccc2nc(CNC(=O)c3nc4ncccn4n3)[nH]c2c1. The lowest BCUT2D eigenvalue weighted by atomic mass is 10.3. The maximum absolute atomic E-state index is 12.2. The maximum Gasteiger partial charge on any atom is 0.291 e. The van der Waals surface area contributed by atoms with E-state index < -0.39 is 5.91 Å². The number of H-pyrrole nitrogens is 1. The van der Waals surface area contributed by atoms with Crippen LogP contribution in [0.5, 0.6) is 5.75 Å². The number of fused-ring (bicyclic) bond motifs is 2. The smallest absolute Gasteiger partial charge is 0.291 e. The van der Waals surface area contributed by atoms with Crippen LogP contribution in [0, 0.1) is 0 Å². The van der Waals surface area contributed by atoms with Crippen LogP contribution < -0.4 is 10.1 Å². The van der Waals surface area contributed by atoms with Gasteiger partial charge in [0.2, 0.25) is 5.82 Å². The molecule has 0 aliphatic heterocycles. The van der Waals surface area contributed by atoms with E-state index in [1.165, 1.54) is 4.52 Å². The molecule has 3 heterocycles. The van der Waals surface area contributed by atoms with Crippen molar-refractivity contribution in [2.75, 3.05) is 7.11 Å². The van der Waals surface area contributed by atoms with Gasteiger partial charge in [0, 0.05) is 18.5 Å². The number of nitrogens with one attached hydrogen (secondary N) is 2. The highest BCUT2D eigenvalue weighted by Crippen LogP contribution is 2.18. The number of rotatable bonds is 4. The first-order valence-electron chi connectivity index (χ1n) is 7.21. The van der Waals surface area contributed by atoms with Crippen LogP contribution in [0.2, 0.25) is 0 Å². The molecule has 3 aromatic heterocycles. The third kappa shape index (κ3) is 2.51. The number of aromatic amines is 1. The quantitative estimate of drug-likeness (QED) is 0.578. The lowest BCUT2D eigenvalue weighted by Crippen LogP contribution is -2.24. The Hall–Kier alpha value is -3.49. The Balaban J connectivity index is 1.50. The lowest BCUT2D eigenvalue weighted by Gasteiger charge is -1.98. The summed E-state index contributed by atoms with van der Waals surface area (Å²) in [5, 5.41) is 6.81. The molecule has 9 nitrogen and oxygen atoms in total. The van der Waals surface area contributed by atoms with Crippen LogP contribution in [-0.4, -0.2) is 42.6 Å². The Labute approximate surface area is 135 Å². The Bertz CT molecular complexity index is 1000. The molecule has 0 spiro atoms. The molecule has 1 amide bonds. The first kappa shape index (κ1) is 14.1. The zero-order chi connectivity index (χ0) is 16.5. The zero-order valence-corrected chi connectivity index (χ0v) is 12.7. The monoisotopic (exact) mass is 323 g/mol. The number of methoxy groups -OCH3 is 1. The van der Waals surface area contributed by atoms with Crippen molar-refractivity contribution in [3.8, 4) is 5.75 Å². The number of ether oxygens (including phenoxy) is 1. The minimum absolute atomic E-state index is 0.0616. The number of hydrogen-bond acceptors (Lipinski definition) is 6. The van der Waals surface area contributed by atoms with Crippen LogP contribution in [0.15, 0.2) is 36.7 Å². The van der Waals surface area contributed by atoms with Crippen LogP contribution in [-0.2, 0) is 6.54 Å². The molecular formula is C15H13N7O2. The van der Waals surface area contributed by atoms with Gasteiger partial charge in [-0.2, -0.15) is 4.98 Å². The first-order chi connectivity index (χ1) is 11.7. The van der Waals surface area contributed by atoms with Crippen LogP contribution in [0.3, 0.4) is 0 Å². The predicted molar refractivity (Wildman–Crippen MR) is 84.6 cm³/mol. The largest absolute Gasteiger partial charge is 0.497 e. The average Bonchev–Trinajstić information content (AvgIpc) is 3.22. The molecule has 4 rings (SSSR count). The van der Waals surface area contributed by atoms with Gasteiger partial charge in [0.15, 0.2) is 0 Å². The normalized spacial score (nSPS) is 11.0. The second-order valence-corrected chi connectivity index (χ2v) is 5.05. The second-order valence-electron chi connectivity index (χ2n) is 5.05. The number of imidazole rings is 1. The minimum Gasteiger partial charge on any atom is -0.497 e. The van der Waals surface area contributed by atoms with Gasteiger partial charge in [-0.1, -0.05) is 0 Å². The van der Waals surface area contributed by atoms with E-state index in [1.54, 1.807) is 25.6 Å². The minimum atomic E-state index is -0.390. The van der Waals surface area contributed by atoms with E-state index in [2.05, 4.69) is 30.4 Å². The van der Waals surface area contributed by atoms with Crippen molar-refractivity contribution >= 4 is 22.7 Å². The summed E-state index contributed by atoms with van der Waals surface area (Å²) in [5.41, 5.74) is 1.64. The van der Waals surface area contributed by atoms with Crippen molar-refractivity contribution < 1.29 is 9.53 Å². The van der Waals surface area contributed by atoms with Gasteiger partial charge in [-0.05, 0) is 18.2 Å². The molecule has 0 atom stereocenters. The van der Waals surface area contributed by atoms with Gasteiger partial charge in [-0.15, -0.1) is 5.10 Å². The van der Waals surface area contributed by atoms with E-state index in [0.29, 0.717) is 11.6 Å². The van der Waals surface area contributed by atoms with E-state index in [1.807, 2.05) is 18.2 Å². The number of carbonyl (C=O) groups excluding carboxylic acids is 1. The second kappa shape index (κ2) is 5.61. The van der Waals surface area contributed by atoms with Crippen molar-refractivity contribution in [1.29, 1.82) is 0 Å². The van der Waals surface area contributed by atoms with Crippen LogP contribution >= 0.6 is 0 Å². The number of benzene rings is 1. The van der Waals surface area contributed by atoms with Gasteiger partial charge in [0.25, 0.3) is 11.7 Å². The van der Waals surface area contributed by atoms with Crippen molar-refractivity contribution in [2.24, 2.45) is 0 Å². The molecule has 120 valence electrons. The zero-order valence-electron chi connectivity index (χ0n) is 12.7. The summed E-state index contributed by atoms with van der Waals surface area (Å²) >= 11 is 0. The molecule has 0 radical (unpaired) electrons. The topological polar surface area (TPSA) is 110 Å². The summed E-state index contributed by atoms with van der Waals surface area (Å²) in [4.78, 5) is 27.8. The predicted octanol–water partition coefficient (Wildman–Crippen LogP) is 0.939. The molecule has 0 saturated heterocycles. The fourth-order valence-corrected chi connectivity index (χ4v) is 2.32. The third-order valence-corrected chi connectivity index (χ3v) is 3.47. The average molecular weight is 323 g/mol. The van der Waals surface area contributed by atoms with Gasteiger partial charge >= 0.3 is 0 Å². The van der Waals surface area contributed by atoms with E-state index >= 15 is 0 Å². The number of nitrogens with zero attached hydrogens (tertiary/aromatic N) is 5. The Kier molecular flexibility index (Phi) is 3.30. The van der Waals surface area contributed by atoms with E-state index in [-0.39, 0.29) is 12.4 Å². The first-order valence-corrected chi connectivity index (χ1v) is 7.21. The summed E-state index contributed by atoms with van der Waals surface area (Å²) in [6, 6.07) is 7.25. The Morgan fingerprint density at radius 2 is 2.29 bits per heavy atom. The van der Waals surface area contributed by atoms with Gasteiger partial charge in [-0.25, -0.2) is 14.5 Å². The summed E-state index contributed by atoms with van der Waals surface area (Å²) in [6.07, 6.45) is 3.27. The highest BCUT2D eigenvalue weighted by atomic mass is 16.5. The molecule has 9 heteroatoms. The molecule has 0 aliphatic rings. The fraction of sp³-hybridized carbons (Fsp3) is 0.133. The van der Waals surface area contributed by atoms with Crippen molar-refractivity contribution in [3.05, 3.63) is 48.3 Å².